The van der Waals surface area contributed by atoms with E-state index in [-0.39, 0.29) is 35.9 Å². The molecule has 4 aliphatic rings. The number of anilines is 2. The van der Waals surface area contributed by atoms with Gasteiger partial charge in [0.2, 0.25) is 0 Å². The van der Waals surface area contributed by atoms with Crippen LogP contribution in [0.5, 0.6) is 17.2 Å². The molecule has 0 aromatic heterocycles. The van der Waals surface area contributed by atoms with Gasteiger partial charge in [0.15, 0.2) is 17.0 Å². The van der Waals surface area contributed by atoms with Crippen molar-refractivity contribution in [3.8, 4) is 28.4 Å². The Morgan fingerprint density at radius 3 is 2.00 bits per heavy atom. The lowest BCUT2D eigenvalue weighted by Gasteiger charge is -2.52. The second kappa shape index (κ2) is 13.0. The summed E-state index contributed by atoms with van der Waals surface area (Å²) in [5.41, 5.74) is 7.52. The summed E-state index contributed by atoms with van der Waals surface area (Å²) in [7, 11) is 5.26. The number of benzene rings is 5. The molecule has 7 heteroatoms. The van der Waals surface area contributed by atoms with Gasteiger partial charge in [-0.3, -0.25) is 4.79 Å². The molecule has 1 unspecified atom stereocenters. The number of nitrogens with zero attached hydrogens (tertiary/aromatic N) is 1. The number of fused-ring (bicyclic) bond motifs is 11. The van der Waals surface area contributed by atoms with Crippen LogP contribution in [0, 0.1) is 10.8 Å². The van der Waals surface area contributed by atoms with Crippen LogP contribution in [0.15, 0.2) is 91.0 Å². The number of aldehydes is 1. The van der Waals surface area contributed by atoms with Crippen LogP contribution in [-0.4, -0.2) is 39.0 Å². The summed E-state index contributed by atoms with van der Waals surface area (Å²) in [6, 6.07) is 29.6. The molecule has 0 bridgehead atoms. The summed E-state index contributed by atoms with van der Waals surface area (Å²) in [6.45, 7) is 11.3. The highest BCUT2D eigenvalue weighted by Crippen LogP contribution is 2.67. The summed E-state index contributed by atoms with van der Waals surface area (Å²) in [5.74, 6) is 2.20. The maximum atomic E-state index is 13.4. The maximum absolute atomic E-state index is 13.4. The molecule has 5 aromatic carbocycles. The summed E-state index contributed by atoms with van der Waals surface area (Å²) < 4.78 is 18.9. The van der Waals surface area contributed by atoms with Crippen molar-refractivity contribution in [1.29, 1.82) is 0 Å². The summed E-state index contributed by atoms with van der Waals surface area (Å²) in [4.78, 5) is 27.5. The van der Waals surface area contributed by atoms with E-state index in [2.05, 4.69) is 106 Å². The first-order valence-electron chi connectivity index (χ1n) is 19.6. The molecule has 1 fully saturated rings. The zero-order valence-electron chi connectivity index (χ0n) is 33.6. The van der Waals surface area contributed by atoms with Crippen LogP contribution in [0.3, 0.4) is 0 Å². The van der Waals surface area contributed by atoms with Crippen molar-refractivity contribution in [2.24, 2.45) is 10.8 Å². The van der Waals surface area contributed by atoms with E-state index < -0.39 is 11.3 Å². The van der Waals surface area contributed by atoms with Gasteiger partial charge in [-0.25, -0.2) is 0 Å². The predicted octanol–water partition coefficient (Wildman–Crippen LogP) is 11.1. The molecule has 294 valence electrons. The minimum absolute atomic E-state index is 0. The van der Waals surface area contributed by atoms with Crippen LogP contribution in [0.2, 0.25) is 0 Å². The van der Waals surface area contributed by atoms with Gasteiger partial charge in [-0.1, -0.05) is 89.7 Å². The number of carbonyl (C=O) groups excluding carboxylic acids is 2. The molecule has 9 rings (SSSR count). The second-order valence-electron chi connectivity index (χ2n) is 18.0. The van der Waals surface area contributed by atoms with Crippen LogP contribution in [0.25, 0.3) is 28.0 Å². The lowest BCUT2D eigenvalue weighted by molar-refractivity contribution is -0.123. The number of ether oxygens (including phenoxy) is 3. The Morgan fingerprint density at radius 1 is 0.842 bits per heavy atom. The van der Waals surface area contributed by atoms with Gasteiger partial charge in [-0.2, -0.15) is 0 Å². The van der Waals surface area contributed by atoms with E-state index in [9.17, 15) is 9.59 Å². The van der Waals surface area contributed by atoms with Crippen molar-refractivity contribution in [3.63, 3.8) is 0 Å². The van der Waals surface area contributed by atoms with E-state index in [1.54, 1.807) is 21.1 Å². The predicted molar refractivity (Wildman–Crippen MR) is 231 cm³/mol. The second-order valence-corrected chi connectivity index (χ2v) is 18.0. The Morgan fingerprint density at radius 2 is 1.44 bits per heavy atom. The van der Waals surface area contributed by atoms with Gasteiger partial charge >= 0.3 is 0 Å². The molecule has 1 spiro atoms. The molecule has 0 amide bonds. The van der Waals surface area contributed by atoms with Crippen molar-refractivity contribution in [2.75, 3.05) is 31.5 Å². The van der Waals surface area contributed by atoms with Gasteiger partial charge < -0.3 is 29.2 Å². The highest BCUT2D eigenvalue weighted by molar-refractivity contribution is 6.13. The highest BCUT2D eigenvalue weighted by Gasteiger charge is 2.56. The zero-order valence-corrected chi connectivity index (χ0v) is 33.6. The molecule has 1 atom stereocenters. The number of methoxy groups -OCH3 is 2. The summed E-state index contributed by atoms with van der Waals surface area (Å²) >= 11 is 0. The van der Waals surface area contributed by atoms with E-state index in [1.807, 2.05) is 36.2 Å². The fourth-order valence-corrected chi connectivity index (χ4v) is 11.5. The van der Waals surface area contributed by atoms with Gasteiger partial charge in [-0.05, 0) is 107 Å². The average Bonchev–Trinajstić information content (AvgIpc) is 3.60. The Kier molecular flexibility index (Phi) is 8.73. The minimum atomic E-state index is -1.18. The molecule has 5 aromatic rings. The standard InChI is InChI=1S/C49H50N2O5.CH4/c1-30(53)49(23-24-52)50-40-25-38-37(26-41(40)51(49)6)42-35-11-9-10-12-39(35)47(28-45(2,3)27-46(4,5)29-47)43(42)36-21-22-48(56-44(36)38,31-13-17-33(54-7)18-14-31)32-15-19-34(55-8)20-16-32;/h9-22,24-26,50H,23,27-29H2,1-8H3;1H4. The molecule has 1 N–H and O–H groups in total. The minimum Gasteiger partial charge on any atom is -0.497 e. The number of Topliss-reactive ketones (excluding diaryl/α,β-unsaturated/α-hetero) is 1. The van der Waals surface area contributed by atoms with Crippen molar-refractivity contribution in [2.45, 2.75) is 84.4 Å². The van der Waals surface area contributed by atoms with Crippen molar-refractivity contribution in [1.82, 2.24) is 0 Å². The van der Waals surface area contributed by atoms with Gasteiger partial charge in [0, 0.05) is 34.5 Å². The molecule has 2 heterocycles. The number of ketones is 1. The maximum Gasteiger partial charge on any atom is 0.178 e. The first kappa shape index (κ1) is 38.3. The van der Waals surface area contributed by atoms with E-state index in [1.165, 1.54) is 22.3 Å². The number of likely N-dealkylation sites (N-methyl/N-ethyl adjacent to an activating group) is 1. The largest absolute Gasteiger partial charge is 0.497 e. The smallest absolute Gasteiger partial charge is 0.178 e. The van der Waals surface area contributed by atoms with E-state index in [4.69, 9.17) is 14.2 Å². The van der Waals surface area contributed by atoms with Crippen molar-refractivity contribution >= 4 is 40.3 Å². The Labute approximate surface area is 337 Å². The SMILES string of the molecule is C.COc1ccc(C2(c3ccc(OC)cc3)C=Cc3c4c(c5cc6c(cc5c3O2)NC(CC=O)(C(C)=O)N6C)-c2ccccc2C42CC(C)(C)CC(C)(C)C2)cc1. The van der Waals surface area contributed by atoms with Gasteiger partial charge in [0.05, 0.1) is 32.0 Å². The molecular weight excluding hydrogens is 709 g/mol. The van der Waals surface area contributed by atoms with Gasteiger partial charge in [0.1, 0.15) is 23.5 Å². The van der Waals surface area contributed by atoms with E-state index in [0.717, 1.165) is 81.6 Å². The van der Waals surface area contributed by atoms with Crippen molar-refractivity contribution in [3.05, 3.63) is 119 Å². The Bertz CT molecular complexity index is 2410. The Hall–Kier alpha value is -5.56. The molecule has 2 aliphatic heterocycles. The van der Waals surface area contributed by atoms with Gasteiger partial charge in [0.25, 0.3) is 0 Å². The first-order chi connectivity index (χ1) is 26.7. The zero-order chi connectivity index (χ0) is 39.4. The third-order valence-corrected chi connectivity index (χ3v) is 13.1. The molecule has 2 aliphatic carbocycles. The number of nitrogens with one attached hydrogen (secondary N) is 1. The lowest BCUT2D eigenvalue weighted by atomic mass is 9.52. The normalized spacial score (nSPS) is 20.9. The number of hydrogen-bond donors (Lipinski definition) is 1. The molecular formula is C50H54N2O5. The van der Waals surface area contributed by atoms with Crippen LogP contribution >= 0.6 is 0 Å². The molecule has 0 saturated heterocycles. The van der Waals surface area contributed by atoms with Crippen LogP contribution in [-0.2, 0) is 20.6 Å². The quantitative estimate of drug-likeness (QED) is 0.165. The van der Waals surface area contributed by atoms with Crippen LogP contribution in [0.4, 0.5) is 11.4 Å². The van der Waals surface area contributed by atoms with E-state index in [0.29, 0.717) is 0 Å². The fourth-order valence-electron chi connectivity index (χ4n) is 11.5. The number of hydrogen-bond acceptors (Lipinski definition) is 7. The summed E-state index contributed by atoms with van der Waals surface area (Å²) in [5, 5.41) is 5.53. The van der Waals surface area contributed by atoms with Crippen LogP contribution < -0.4 is 24.4 Å². The molecule has 0 radical (unpaired) electrons. The van der Waals surface area contributed by atoms with Crippen LogP contribution in [0.1, 0.15) is 95.5 Å². The highest BCUT2D eigenvalue weighted by atomic mass is 16.5. The summed E-state index contributed by atoms with van der Waals surface area (Å²) in [6.07, 6.45) is 8.52. The lowest BCUT2D eigenvalue weighted by Crippen LogP contribution is -2.54. The average molecular weight is 763 g/mol. The monoisotopic (exact) mass is 762 g/mol. The first-order valence-corrected chi connectivity index (χ1v) is 19.6. The number of carbonyl (C=O) groups is 2. The molecule has 7 nitrogen and oxygen atoms in total. The fraction of sp³-hybridized carbons (Fsp3) is 0.360. The Balaban J connectivity index is 0.00000455. The van der Waals surface area contributed by atoms with E-state index >= 15 is 0 Å². The third kappa shape index (κ3) is 5.44. The van der Waals surface area contributed by atoms with Crippen molar-refractivity contribution < 1.29 is 23.8 Å². The van der Waals surface area contributed by atoms with Gasteiger partial charge in [-0.15, -0.1) is 0 Å². The third-order valence-electron chi connectivity index (χ3n) is 13.1. The molecule has 57 heavy (non-hydrogen) atoms. The molecule has 1 saturated carbocycles. The topological polar surface area (TPSA) is 77.1 Å². The number of rotatable bonds is 7.